The molecule has 3 nitrogen and oxygen atoms in total. The van der Waals surface area contributed by atoms with Crippen LogP contribution in [0.5, 0.6) is 0 Å². The minimum Gasteiger partial charge on any atom is -0.381 e. The van der Waals surface area contributed by atoms with Gasteiger partial charge in [0.2, 0.25) is 0 Å². The molecule has 1 heterocycles. The molecule has 0 spiro atoms. The fourth-order valence-electron chi connectivity index (χ4n) is 1.97. The Morgan fingerprint density at radius 3 is 2.86 bits per heavy atom. The number of likely N-dealkylation sites (N-methyl/N-ethyl adjacent to an activating group) is 1. The molecular formula is C11H22N2O. The van der Waals surface area contributed by atoms with Crippen molar-refractivity contribution in [2.45, 2.75) is 12.8 Å². The normalized spacial score (nSPS) is 30.2. The number of nitrogens with one attached hydrogen (secondary N) is 1. The van der Waals surface area contributed by atoms with Crippen LogP contribution < -0.4 is 5.32 Å². The van der Waals surface area contributed by atoms with E-state index in [1.807, 2.05) is 0 Å². The quantitative estimate of drug-likeness (QED) is 0.714. The highest BCUT2D eigenvalue weighted by Gasteiger charge is 2.22. The lowest BCUT2D eigenvalue weighted by Crippen LogP contribution is -2.29. The van der Waals surface area contributed by atoms with Crippen molar-refractivity contribution in [3.8, 4) is 0 Å². The Morgan fingerprint density at radius 2 is 2.07 bits per heavy atom. The van der Waals surface area contributed by atoms with E-state index in [1.54, 1.807) is 0 Å². The SMILES string of the molecule is CN1CCNC[C@@H](COCC2CC2)C1. The van der Waals surface area contributed by atoms with E-state index in [4.69, 9.17) is 4.74 Å². The second-order valence-electron chi connectivity index (χ2n) is 4.81. The van der Waals surface area contributed by atoms with Crippen LogP contribution in [0, 0.1) is 11.8 Å². The molecule has 1 saturated carbocycles. The van der Waals surface area contributed by atoms with Crippen LogP contribution in [0.4, 0.5) is 0 Å². The van der Waals surface area contributed by atoms with Crippen LogP contribution in [0.15, 0.2) is 0 Å². The summed E-state index contributed by atoms with van der Waals surface area (Å²) in [7, 11) is 2.20. The first-order chi connectivity index (χ1) is 6.84. The molecule has 0 radical (unpaired) electrons. The molecule has 1 aliphatic heterocycles. The third-order valence-corrected chi connectivity index (χ3v) is 3.08. The predicted octanol–water partition coefficient (Wildman–Crippen LogP) is 0.564. The first kappa shape index (κ1) is 10.4. The molecule has 1 aliphatic carbocycles. The molecule has 0 aromatic heterocycles. The lowest BCUT2D eigenvalue weighted by atomic mass is 10.1. The zero-order chi connectivity index (χ0) is 9.80. The van der Waals surface area contributed by atoms with E-state index < -0.39 is 0 Å². The maximum atomic E-state index is 5.73. The average molecular weight is 198 g/mol. The lowest BCUT2D eigenvalue weighted by Gasteiger charge is -2.19. The molecule has 1 atom stereocenters. The summed E-state index contributed by atoms with van der Waals surface area (Å²) in [4.78, 5) is 2.39. The molecule has 82 valence electrons. The van der Waals surface area contributed by atoms with Gasteiger partial charge in [0.1, 0.15) is 0 Å². The van der Waals surface area contributed by atoms with Crippen LogP contribution >= 0.6 is 0 Å². The molecule has 14 heavy (non-hydrogen) atoms. The van der Waals surface area contributed by atoms with E-state index >= 15 is 0 Å². The van der Waals surface area contributed by atoms with Gasteiger partial charge in [0.15, 0.2) is 0 Å². The van der Waals surface area contributed by atoms with Gasteiger partial charge in [0.25, 0.3) is 0 Å². The second kappa shape index (κ2) is 5.10. The first-order valence-electron chi connectivity index (χ1n) is 5.81. The highest BCUT2D eigenvalue weighted by molar-refractivity contribution is 4.74. The van der Waals surface area contributed by atoms with Crippen molar-refractivity contribution in [3.05, 3.63) is 0 Å². The number of hydrogen-bond acceptors (Lipinski definition) is 3. The minimum absolute atomic E-state index is 0.682. The van der Waals surface area contributed by atoms with Gasteiger partial charge in [-0.15, -0.1) is 0 Å². The van der Waals surface area contributed by atoms with Crippen LogP contribution in [-0.4, -0.2) is 51.3 Å². The van der Waals surface area contributed by atoms with Gasteiger partial charge in [-0.3, -0.25) is 0 Å². The Balaban J connectivity index is 1.61. The summed E-state index contributed by atoms with van der Waals surface area (Å²) >= 11 is 0. The summed E-state index contributed by atoms with van der Waals surface area (Å²) in [6, 6.07) is 0. The maximum Gasteiger partial charge on any atom is 0.0518 e. The Labute approximate surface area is 86.8 Å². The lowest BCUT2D eigenvalue weighted by molar-refractivity contribution is 0.0838. The van der Waals surface area contributed by atoms with E-state index in [9.17, 15) is 0 Å². The van der Waals surface area contributed by atoms with Crippen LogP contribution in [0.1, 0.15) is 12.8 Å². The topological polar surface area (TPSA) is 24.5 Å². The summed E-state index contributed by atoms with van der Waals surface area (Å²) in [6.07, 6.45) is 2.78. The molecule has 2 rings (SSSR count). The Bertz CT molecular complexity index is 171. The number of nitrogens with zero attached hydrogens (tertiary/aromatic N) is 1. The zero-order valence-electron chi connectivity index (χ0n) is 9.17. The number of hydrogen-bond donors (Lipinski definition) is 1. The highest BCUT2D eigenvalue weighted by atomic mass is 16.5. The van der Waals surface area contributed by atoms with Crippen molar-refractivity contribution in [1.29, 1.82) is 0 Å². The van der Waals surface area contributed by atoms with Crippen LogP contribution in [-0.2, 0) is 4.74 Å². The second-order valence-corrected chi connectivity index (χ2v) is 4.81. The predicted molar refractivity (Wildman–Crippen MR) is 57.4 cm³/mol. The molecule has 1 saturated heterocycles. The van der Waals surface area contributed by atoms with Gasteiger partial charge in [-0.1, -0.05) is 0 Å². The molecule has 2 aliphatic rings. The van der Waals surface area contributed by atoms with Crippen molar-refractivity contribution in [1.82, 2.24) is 10.2 Å². The van der Waals surface area contributed by atoms with E-state index in [2.05, 4.69) is 17.3 Å². The van der Waals surface area contributed by atoms with Gasteiger partial charge in [0.05, 0.1) is 6.61 Å². The van der Waals surface area contributed by atoms with Crippen molar-refractivity contribution in [2.24, 2.45) is 11.8 Å². The van der Waals surface area contributed by atoms with Crippen molar-refractivity contribution in [3.63, 3.8) is 0 Å². The first-order valence-corrected chi connectivity index (χ1v) is 5.81. The average Bonchev–Trinajstić information content (AvgIpc) is 2.94. The third kappa shape index (κ3) is 3.56. The van der Waals surface area contributed by atoms with Gasteiger partial charge in [-0.2, -0.15) is 0 Å². The fraction of sp³-hybridized carbons (Fsp3) is 1.00. The molecule has 3 heteroatoms. The largest absolute Gasteiger partial charge is 0.381 e. The van der Waals surface area contributed by atoms with Gasteiger partial charge < -0.3 is 15.0 Å². The summed E-state index contributed by atoms with van der Waals surface area (Å²) < 4.78 is 5.73. The Morgan fingerprint density at radius 1 is 1.29 bits per heavy atom. The van der Waals surface area contributed by atoms with Gasteiger partial charge in [0, 0.05) is 38.7 Å². The van der Waals surface area contributed by atoms with E-state index in [0.29, 0.717) is 5.92 Å². The monoisotopic (exact) mass is 198 g/mol. The van der Waals surface area contributed by atoms with Gasteiger partial charge >= 0.3 is 0 Å². The minimum atomic E-state index is 0.682. The van der Waals surface area contributed by atoms with Crippen LogP contribution in [0.2, 0.25) is 0 Å². The molecule has 1 N–H and O–H groups in total. The molecule has 0 unspecified atom stereocenters. The van der Waals surface area contributed by atoms with Crippen LogP contribution in [0.25, 0.3) is 0 Å². The maximum absolute atomic E-state index is 5.73. The zero-order valence-corrected chi connectivity index (χ0v) is 9.17. The number of rotatable bonds is 4. The van der Waals surface area contributed by atoms with E-state index in [0.717, 1.165) is 32.2 Å². The van der Waals surface area contributed by atoms with Crippen LogP contribution in [0.3, 0.4) is 0 Å². The number of ether oxygens (including phenoxy) is 1. The van der Waals surface area contributed by atoms with Crippen molar-refractivity contribution >= 4 is 0 Å². The standard InChI is InChI=1S/C11H22N2O/c1-13-5-4-12-6-11(7-13)9-14-8-10-2-3-10/h10-12H,2-9H2,1H3/t11-/m1/s1. The Kier molecular flexibility index (Phi) is 3.79. The molecule has 0 aromatic carbocycles. The molecule has 0 aromatic rings. The molecule has 2 fully saturated rings. The van der Waals surface area contributed by atoms with Crippen molar-refractivity contribution in [2.75, 3.05) is 46.4 Å². The Hall–Kier alpha value is -0.120. The fourth-order valence-corrected chi connectivity index (χ4v) is 1.97. The van der Waals surface area contributed by atoms with E-state index in [-0.39, 0.29) is 0 Å². The summed E-state index contributed by atoms with van der Waals surface area (Å²) in [5, 5.41) is 3.46. The molecular weight excluding hydrogens is 176 g/mol. The summed E-state index contributed by atoms with van der Waals surface area (Å²) in [5.41, 5.74) is 0. The smallest absolute Gasteiger partial charge is 0.0518 e. The van der Waals surface area contributed by atoms with Crippen molar-refractivity contribution < 1.29 is 4.74 Å². The molecule has 0 amide bonds. The highest BCUT2D eigenvalue weighted by Crippen LogP contribution is 2.28. The summed E-state index contributed by atoms with van der Waals surface area (Å²) in [5.74, 6) is 1.58. The molecule has 0 bridgehead atoms. The summed E-state index contributed by atoms with van der Waals surface area (Å²) in [6.45, 7) is 6.52. The van der Waals surface area contributed by atoms with Gasteiger partial charge in [-0.05, 0) is 25.8 Å². The van der Waals surface area contributed by atoms with E-state index in [1.165, 1.54) is 25.9 Å². The van der Waals surface area contributed by atoms with Gasteiger partial charge in [-0.25, -0.2) is 0 Å². The third-order valence-electron chi connectivity index (χ3n) is 3.08.